The summed E-state index contributed by atoms with van der Waals surface area (Å²) >= 11 is 0. The van der Waals surface area contributed by atoms with Crippen LogP contribution in [-0.4, -0.2) is 5.78 Å². The number of ketones is 1. The van der Waals surface area contributed by atoms with Crippen LogP contribution in [0.15, 0.2) is 0 Å². The Morgan fingerprint density at radius 1 is 1.17 bits per heavy atom. The SMILES string of the molecule is CC(=O)C1(C(C)C)CCCCC1. The van der Waals surface area contributed by atoms with Crippen molar-refractivity contribution in [1.29, 1.82) is 0 Å². The minimum Gasteiger partial charge on any atom is -0.299 e. The van der Waals surface area contributed by atoms with Gasteiger partial charge in [-0.3, -0.25) is 4.79 Å². The number of carbonyl (C=O) groups is 1. The molecule has 1 saturated carbocycles. The molecule has 1 rings (SSSR count). The molecule has 0 bridgehead atoms. The van der Waals surface area contributed by atoms with Crippen LogP contribution in [0.25, 0.3) is 0 Å². The number of hydrogen-bond acceptors (Lipinski definition) is 1. The molecule has 1 aliphatic rings. The van der Waals surface area contributed by atoms with E-state index in [0.717, 1.165) is 12.8 Å². The molecule has 0 aromatic carbocycles. The van der Waals surface area contributed by atoms with Gasteiger partial charge in [0.2, 0.25) is 0 Å². The third kappa shape index (κ3) is 1.55. The highest BCUT2D eigenvalue weighted by Gasteiger charge is 2.39. The molecule has 0 aromatic rings. The lowest BCUT2D eigenvalue weighted by Crippen LogP contribution is -2.36. The predicted octanol–water partition coefficient (Wildman–Crippen LogP) is 3.18. The van der Waals surface area contributed by atoms with Gasteiger partial charge in [-0.25, -0.2) is 0 Å². The molecule has 0 aliphatic heterocycles. The normalized spacial score (nSPS) is 22.7. The van der Waals surface area contributed by atoms with Crippen molar-refractivity contribution in [2.45, 2.75) is 52.9 Å². The van der Waals surface area contributed by atoms with Crippen LogP contribution in [0, 0.1) is 11.3 Å². The lowest BCUT2D eigenvalue weighted by molar-refractivity contribution is -0.131. The Morgan fingerprint density at radius 2 is 1.67 bits per heavy atom. The van der Waals surface area contributed by atoms with E-state index < -0.39 is 0 Å². The van der Waals surface area contributed by atoms with Crippen LogP contribution in [0.1, 0.15) is 52.9 Å². The summed E-state index contributed by atoms with van der Waals surface area (Å²) in [5.41, 5.74) is 0.0399. The van der Waals surface area contributed by atoms with E-state index in [0.29, 0.717) is 11.7 Å². The van der Waals surface area contributed by atoms with Crippen LogP contribution in [0.3, 0.4) is 0 Å². The van der Waals surface area contributed by atoms with Crippen molar-refractivity contribution in [2.75, 3.05) is 0 Å². The van der Waals surface area contributed by atoms with Crippen LogP contribution >= 0.6 is 0 Å². The molecule has 1 nitrogen and oxygen atoms in total. The molecule has 70 valence electrons. The second-order valence-corrected chi connectivity index (χ2v) is 4.43. The minimum atomic E-state index is 0.0399. The van der Waals surface area contributed by atoms with E-state index in [-0.39, 0.29) is 5.41 Å². The maximum absolute atomic E-state index is 11.6. The average molecular weight is 168 g/mol. The fraction of sp³-hybridized carbons (Fsp3) is 0.909. The van der Waals surface area contributed by atoms with Crippen LogP contribution in [0.4, 0.5) is 0 Å². The quantitative estimate of drug-likeness (QED) is 0.619. The van der Waals surface area contributed by atoms with Crippen LogP contribution in [0.2, 0.25) is 0 Å². The average Bonchev–Trinajstić information content (AvgIpc) is 2.05. The van der Waals surface area contributed by atoms with Crippen molar-refractivity contribution < 1.29 is 4.79 Å². The first kappa shape index (κ1) is 9.76. The van der Waals surface area contributed by atoms with Gasteiger partial charge in [-0.15, -0.1) is 0 Å². The molecular formula is C11H20O. The van der Waals surface area contributed by atoms with Crippen LogP contribution in [0.5, 0.6) is 0 Å². The summed E-state index contributed by atoms with van der Waals surface area (Å²) in [4.78, 5) is 11.6. The fourth-order valence-electron chi connectivity index (χ4n) is 2.52. The first-order valence-corrected chi connectivity index (χ1v) is 5.10. The van der Waals surface area contributed by atoms with Gasteiger partial charge in [0.15, 0.2) is 0 Å². The van der Waals surface area contributed by atoms with E-state index >= 15 is 0 Å². The summed E-state index contributed by atoms with van der Waals surface area (Å²) in [5, 5.41) is 0. The number of carbonyl (C=O) groups excluding carboxylic acids is 1. The van der Waals surface area contributed by atoms with Gasteiger partial charge in [-0.05, 0) is 25.7 Å². The third-order valence-corrected chi connectivity index (χ3v) is 3.55. The zero-order valence-corrected chi connectivity index (χ0v) is 8.52. The van der Waals surface area contributed by atoms with Gasteiger partial charge < -0.3 is 0 Å². The summed E-state index contributed by atoms with van der Waals surface area (Å²) in [7, 11) is 0. The summed E-state index contributed by atoms with van der Waals surface area (Å²) in [6, 6.07) is 0. The van der Waals surface area contributed by atoms with E-state index in [1.165, 1.54) is 19.3 Å². The third-order valence-electron chi connectivity index (χ3n) is 3.55. The largest absolute Gasteiger partial charge is 0.299 e. The van der Waals surface area contributed by atoms with Crippen molar-refractivity contribution in [3.05, 3.63) is 0 Å². The monoisotopic (exact) mass is 168 g/mol. The molecule has 1 heteroatoms. The molecule has 0 radical (unpaired) electrons. The van der Waals surface area contributed by atoms with Crippen molar-refractivity contribution >= 4 is 5.78 Å². The van der Waals surface area contributed by atoms with Gasteiger partial charge in [0.1, 0.15) is 5.78 Å². The molecule has 0 heterocycles. The Bertz CT molecular complexity index is 164. The molecule has 0 unspecified atom stereocenters. The van der Waals surface area contributed by atoms with E-state index in [1.807, 2.05) is 0 Å². The second kappa shape index (κ2) is 3.59. The highest BCUT2D eigenvalue weighted by Crippen LogP contribution is 2.42. The zero-order chi connectivity index (χ0) is 9.19. The highest BCUT2D eigenvalue weighted by molar-refractivity contribution is 5.82. The lowest BCUT2D eigenvalue weighted by atomic mass is 9.65. The second-order valence-electron chi connectivity index (χ2n) is 4.43. The van der Waals surface area contributed by atoms with E-state index in [4.69, 9.17) is 0 Å². The van der Waals surface area contributed by atoms with E-state index in [2.05, 4.69) is 13.8 Å². The summed E-state index contributed by atoms with van der Waals surface area (Å²) in [6.45, 7) is 6.14. The van der Waals surface area contributed by atoms with Gasteiger partial charge in [-0.1, -0.05) is 33.1 Å². The Balaban J connectivity index is 2.77. The highest BCUT2D eigenvalue weighted by atomic mass is 16.1. The maximum atomic E-state index is 11.6. The Hall–Kier alpha value is -0.330. The first-order valence-electron chi connectivity index (χ1n) is 5.10. The van der Waals surface area contributed by atoms with Gasteiger partial charge >= 0.3 is 0 Å². The summed E-state index contributed by atoms with van der Waals surface area (Å²) in [5.74, 6) is 0.938. The number of Topliss-reactive ketones (excluding diaryl/α,β-unsaturated/α-hetero) is 1. The molecule has 0 aromatic heterocycles. The molecule has 0 spiro atoms. The lowest BCUT2D eigenvalue weighted by Gasteiger charge is -2.38. The van der Waals surface area contributed by atoms with E-state index in [1.54, 1.807) is 6.92 Å². The molecule has 0 atom stereocenters. The maximum Gasteiger partial charge on any atom is 0.136 e. The van der Waals surface area contributed by atoms with Gasteiger partial charge in [-0.2, -0.15) is 0 Å². The number of rotatable bonds is 2. The minimum absolute atomic E-state index is 0.0399. The molecule has 0 saturated heterocycles. The van der Waals surface area contributed by atoms with Crippen molar-refractivity contribution in [3.8, 4) is 0 Å². The molecule has 12 heavy (non-hydrogen) atoms. The van der Waals surface area contributed by atoms with E-state index in [9.17, 15) is 4.79 Å². The fourth-order valence-corrected chi connectivity index (χ4v) is 2.52. The summed E-state index contributed by atoms with van der Waals surface area (Å²) < 4.78 is 0. The molecule has 0 amide bonds. The molecule has 1 aliphatic carbocycles. The molecular weight excluding hydrogens is 148 g/mol. The Kier molecular flexibility index (Phi) is 2.92. The van der Waals surface area contributed by atoms with Crippen molar-refractivity contribution in [3.63, 3.8) is 0 Å². The van der Waals surface area contributed by atoms with Gasteiger partial charge in [0.25, 0.3) is 0 Å². The first-order chi connectivity index (χ1) is 5.59. The zero-order valence-electron chi connectivity index (χ0n) is 8.52. The Morgan fingerprint density at radius 3 is 1.92 bits per heavy atom. The van der Waals surface area contributed by atoms with Crippen LogP contribution in [-0.2, 0) is 4.79 Å². The Labute approximate surface area is 75.5 Å². The van der Waals surface area contributed by atoms with Gasteiger partial charge in [0.05, 0.1) is 0 Å². The smallest absolute Gasteiger partial charge is 0.136 e. The molecule has 1 fully saturated rings. The number of hydrogen-bond donors (Lipinski definition) is 0. The summed E-state index contributed by atoms with van der Waals surface area (Å²) in [6.07, 6.45) is 6.07. The van der Waals surface area contributed by atoms with Crippen LogP contribution < -0.4 is 0 Å². The standard InChI is InChI=1S/C11H20O/c1-9(2)11(10(3)12)7-5-4-6-8-11/h9H,4-8H2,1-3H3. The predicted molar refractivity (Wildman–Crippen MR) is 51.0 cm³/mol. The van der Waals surface area contributed by atoms with Crippen molar-refractivity contribution in [1.82, 2.24) is 0 Å². The topological polar surface area (TPSA) is 17.1 Å². The van der Waals surface area contributed by atoms with Gasteiger partial charge in [0, 0.05) is 5.41 Å². The van der Waals surface area contributed by atoms with Crippen molar-refractivity contribution in [2.24, 2.45) is 11.3 Å². The molecule has 0 N–H and O–H groups in total.